The summed E-state index contributed by atoms with van der Waals surface area (Å²) in [6, 6.07) is 17.2. The van der Waals surface area contributed by atoms with Crippen molar-refractivity contribution in [1.82, 2.24) is 15.0 Å². The van der Waals surface area contributed by atoms with Crippen LogP contribution in [0.3, 0.4) is 0 Å². The number of thiazole rings is 1. The second-order valence-corrected chi connectivity index (χ2v) is 7.07. The SMILES string of the molecule is CC(=O)Nc1nc(Cc2nc(-c3ccccc3)c3ccccc3nc2=O)cs1. The monoisotopic (exact) mass is 388 g/mol. The van der Waals surface area contributed by atoms with E-state index in [1.807, 2.05) is 54.6 Å². The van der Waals surface area contributed by atoms with Gasteiger partial charge in [-0.2, -0.15) is 0 Å². The Kier molecular flexibility index (Phi) is 4.90. The first-order chi connectivity index (χ1) is 13.6. The molecule has 2 heterocycles. The molecule has 0 aliphatic carbocycles. The van der Waals surface area contributed by atoms with Crippen LogP contribution in [-0.2, 0) is 11.2 Å². The fraction of sp³-hybridized carbons (Fsp3) is 0.0952. The second kappa shape index (κ2) is 7.66. The Labute approximate surface area is 165 Å². The summed E-state index contributed by atoms with van der Waals surface area (Å²) in [6.07, 6.45) is 0.239. The molecule has 0 radical (unpaired) electrons. The van der Waals surface area contributed by atoms with Crippen LogP contribution in [0, 0.1) is 0 Å². The van der Waals surface area contributed by atoms with E-state index in [4.69, 9.17) is 4.98 Å². The Bertz CT molecular complexity index is 1220. The van der Waals surface area contributed by atoms with E-state index in [9.17, 15) is 9.59 Å². The number of benzene rings is 2. The zero-order valence-electron chi connectivity index (χ0n) is 15.0. The molecule has 0 atom stereocenters. The van der Waals surface area contributed by atoms with E-state index < -0.39 is 0 Å². The van der Waals surface area contributed by atoms with Gasteiger partial charge in [-0.25, -0.2) is 15.0 Å². The predicted octanol–water partition coefficient (Wildman–Crippen LogP) is 3.66. The number of amides is 1. The molecule has 28 heavy (non-hydrogen) atoms. The van der Waals surface area contributed by atoms with Gasteiger partial charge in [-0.05, 0) is 6.07 Å². The van der Waals surface area contributed by atoms with Gasteiger partial charge in [-0.1, -0.05) is 48.5 Å². The van der Waals surface area contributed by atoms with Gasteiger partial charge in [-0.3, -0.25) is 9.59 Å². The largest absolute Gasteiger partial charge is 0.302 e. The molecule has 2 aromatic heterocycles. The summed E-state index contributed by atoms with van der Waals surface area (Å²) in [5, 5.41) is 5.77. The van der Waals surface area contributed by atoms with E-state index in [1.54, 1.807) is 5.38 Å². The van der Waals surface area contributed by atoms with Crippen molar-refractivity contribution >= 4 is 33.3 Å². The number of hydrogen-bond acceptors (Lipinski definition) is 6. The molecule has 0 saturated heterocycles. The van der Waals surface area contributed by atoms with Crippen molar-refractivity contribution < 1.29 is 4.79 Å². The van der Waals surface area contributed by atoms with Crippen molar-refractivity contribution in [2.24, 2.45) is 0 Å². The van der Waals surface area contributed by atoms with Gasteiger partial charge in [0.1, 0.15) is 5.69 Å². The lowest BCUT2D eigenvalue weighted by Gasteiger charge is -2.02. The van der Waals surface area contributed by atoms with Crippen LogP contribution in [0.5, 0.6) is 0 Å². The summed E-state index contributed by atoms with van der Waals surface area (Å²) in [4.78, 5) is 37.3. The Morgan fingerprint density at radius 1 is 1.00 bits per heavy atom. The second-order valence-electron chi connectivity index (χ2n) is 6.21. The third-order valence-electron chi connectivity index (χ3n) is 4.11. The van der Waals surface area contributed by atoms with Crippen LogP contribution in [0.2, 0.25) is 0 Å². The lowest BCUT2D eigenvalue weighted by atomic mass is 10.1. The first-order valence-corrected chi connectivity index (χ1v) is 9.55. The van der Waals surface area contributed by atoms with Crippen molar-refractivity contribution in [3.8, 4) is 11.3 Å². The highest BCUT2D eigenvalue weighted by Crippen LogP contribution is 2.25. The molecule has 0 aliphatic heterocycles. The molecule has 0 bridgehead atoms. The molecule has 0 spiro atoms. The van der Waals surface area contributed by atoms with E-state index in [1.165, 1.54) is 18.3 Å². The van der Waals surface area contributed by atoms with Gasteiger partial charge in [0, 0.05) is 29.7 Å². The molecule has 4 rings (SSSR count). The first kappa shape index (κ1) is 17.9. The zero-order valence-corrected chi connectivity index (χ0v) is 15.9. The summed E-state index contributed by atoms with van der Waals surface area (Å²) in [6.45, 7) is 1.43. The molecule has 0 unspecified atom stereocenters. The third-order valence-corrected chi connectivity index (χ3v) is 4.91. The van der Waals surface area contributed by atoms with Crippen molar-refractivity contribution in [1.29, 1.82) is 0 Å². The Morgan fingerprint density at radius 3 is 2.54 bits per heavy atom. The number of para-hydroxylation sites is 1. The van der Waals surface area contributed by atoms with Gasteiger partial charge in [0.05, 0.1) is 16.9 Å². The number of rotatable bonds is 4. The lowest BCUT2D eigenvalue weighted by molar-refractivity contribution is -0.114. The topological polar surface area (TPSA) is 84.8 Å². The van der Waals surface area contributed by atoms with Gasteiger partial charge in [0.15, 0.2) is 5.13 Å². The van der Waals surface area contributed by atoms with E-state index in [-0.39, 0.29) is 17.9 Å². The molecule has 1 N–H and O–H groups in total. The minimum atomic E-state index is -0.382. The summed E-state index contributed by atoms with van der Waals surface area (Å²) < 4.78 is 0. The number of carbonyl (C=O) groups is 1. The summed E-state index contributed by atoms with van der Waals surface area (Å²) in [7, 11) is 0. The fourth-order valence-corrected chi connectivity index (χ4v) is 3.64. The Hall–Kier alpha value is -3.45. The van der Waals surface area contributed by atoms with E-state index in [0.29, 0.717) is 27.7 Å². The minimum absolute atomic E-state index is 0.186. The number of aromatic nitrogens is 3. The molecule has 4 aromatic rings. The van der Waals surface area contributed by atoms with Crippen LogP contribution >= 0.6 is 11.3 Å². The number of carbonyl (C=O) groups excluding carboxylic acids is 1. The number of fused-ring (bicyclic) bond motifs is 1. The molecule has 7 heteroatoms. The molecule has 0 aliphatic rings. The summed E-state index contributed by atoms with van der Waals surface area (Å²) in [5.74, 6) is -0.186. The molecular weight excluding hydrogens is 372 g/mol. The van der Waals surface area contributed by atoms with Crippen LogP contribution in [-0.4, -0.2) is 20.9 Å². The number of hydrogen-bond donors (Lipinski definition) is 1. The summed E-state index contributed by atoms with van der Waals surface area (Å²) in [5.41, 5.74) is 2.81. The maximum absolute atomic E-state index is 12.7. The van der Waals surface area contributed by atoms with Crippen molar-refractivity contribution in [2.75, 3.05) is 5.32 Å². The molecule has 2 aromatic carbocycles. The fourth-order valence-electron chi connectivity index (χ4n) is 2.89. The minimum Gasteiger partial charge on any atom is -0.302 e. The average molecular weight is 388 g/mol. The number of nitrogens with zero attached hydrogens (tertiary/aromatic N) is 3. The van der Waals surface area contributed by atoms with Gasteiger partial charge >= 0.3 is 0 Å². The molecule has 0 saturated carbocycles. The van der Waals surface area contributed by atoms with E-state index in [0.717, 1.165) is 10.9 Å². The van der Waals surface area contributed by atoms with Crippen LogP contribution < -0.4 is 10.9 Å². The normalized spacial score (nSPS) is 10.8. The van der Waals surface area contributed by atoms with Gasteiger partial charge in [0.2, 0.25) is 5.91 Å². The number of nitrogens with one attached hydrogen (secondary N) is 1. The highest BCUT2D eigenvalue weighted by atomic mass is 32.1. The molecule has 1 amide bonds. The standard InChI is InChI=1S/C21H16N4O2S/c1-13(26)22-21-23-15(12-28-21)11-18-20(27)25-17-10-6-5-9-16(17)19(24-18)14-7-3-2-4-8-14/h2-10,12H,11H2,1H3,(H,22,23,26). The lowest BCUT2D eigenvalue weighted by Crippen LogP contribution is -2.12. The Morgan fingerprint density at radius 2 is 1.75 bits per heavy atom. The maximum Gasteiger partial charge on any atom is 0.292 e. The van der Waals surface area contributed by atoms with Crippen molar-refractivity contribution in [2.45, 2.75) is 13.3 Å². The highest BCUT2D eigenvalue weighted by Gasteiger charge is 2.13. The van der Waals surface area contributed by atoms with E-state index in [2.05, 4.69) is 15.3 Å². The molecule has 6 nitrogen and oxygen atoms in total. The number of anilines is 1. The first-order valence-electron chi connectivity index (χ1n) is 8.67. The smallest absolute Gasteiger partial charge is 0.292 e. The zero-order chi connectivity index (χ0) is 19.5. The van der Waals surface area contributed by atoms with Gasteiger partial charge in [0.25, 0.3) is 5.56 Å². The van der Waals surface area contributed by atoms with E-state index >= 15 is 0 Å². The van der Waals surface area contributed by atoms with Crippen molar-refractivity contribution in [3.63, 3.8) is 0 Å². The third kappa shape index (κ3) is 3.79. The van der Waals surface area contributed by atoms with Gasteiger partial charge < -0.3 is 5.32 Å². The van der Waals surface area contributed by atoms with Gasteiger partial charge in [-0.15, -0.1) is 11.3 Å². The highest BCUT2D eigenvalue weighted by molar-refractivity contribution is 7.13. The van der Waals surface area contributed by atoms with Crippen molar-refractivity contribution in [3.05, 3.63) is 81.7 Å². The average Bonchev–Trinajstić information content (AvgIpc) is 3.06. The maximum atomic E-state index is 12.7. The molecule has 0 fully saturated rings. The molecular formula is C21H16N4O2S. The quantitative estimate of drug-likeness (QED) is 0.577. The van der Waals surface area contributed by atoms with Crippen LogP contribution in [0.15, 0.2) is 64.8 Å². The molecule has 138 valence electrons. The van der Waals surface area contributed by atoms with Crippen LogP contribution in [0.1, 0.15) is 18.3 Å². The predicted molar refractivity (Wildman–Crippen MR) is 110 cm³/mol. The van der Waals surface area contributed by atoms with Crippen LogP contribution in [0.4, 0.5) is 5.13 Å². The Balaban J connectivity index is 1.85. The van der Waals surface area contributed by atoms with Crippen LogP contribution in [0.25, 0.3) is 22.2 Å². The summed E-state index contributed by atoms with van der Waals surface area (Å²) >= 11 is 1.31.